The Hall–Kier alpha value is -0.640. The molecule has 0 aliphatic heterocycles. The molecule has 0 radical (unpaired) electrons. The van der Waals surface area contributed by atoms with E-state index < -0.39 is 32.0 Å². The first kappa shape index (κ1) is 28.4. The maximum Gasteiger partial charge on any atom is 0.328 e. The zero-order valence-corrected chi connectivity index (χ0v) is 20.2. The molecule has 10 nitrogen and oxygen atoms in total. The SMILES string of the molecule is COCC(CO)(CO)N(C)Cc1cc(CC(C)P(=O)(O)O)cc(CC(C)P(=O)(O)O)c1. The molecule has 31 heavy (non-hydrogen) atoms. The number of aliphatic hydroxyl groups is 2. The molecule has 2 unspecified atom stereocenters. The van der Waals surface area contributed by atoms with E-state index in [-0.39, 0.29) is 39.2 Å². The summed E-state index contributed by atoms with van der Waals surface area (Å²) in [6.07, 6.45) is 0.171. The van der Waals surface area contributed by atoms with E-state index >= 15 is 0 Å². The lowest BCUT2D eigenvalue weighted by molar-refractivity contribution is -0.0504. The molecule has 0 fully saturated rings. The van der Waals surface area contributed by atoms with Gasteiger partial charge in [0.1, 0.15) is 0 Å². The summed E-state index contributed by atoms with van der Waals surface area (Å²) in [6, 6.07) is 5.23. The summed E-state index contributed by atoms with van der Waals surface area (Å²) in [7, 11) is -5.43. The molecule has 12 heteroatoms. The molecule has 0 saturated carbocycles. The fourth-order valence-corrected chi connectivity index (χ4v) is 4.19. The second kappa shape index (κ2) is 11.5. The monoisotopic (exact) mass is 483 g/mol. The van der Waals surface area contributed by atoms with Crippen LogP contribution in [0, 0.1) is 0 Å². The average Bonchev–Trinajstić information content (AvgIpc) is 2.64. The highest BCUT2D eigenvalue weighted by molar-refractivity contribution is 7.52. The highest BCUT2D eigenvalue weighted by Crippen LogP contribution is 2.44. The third kappa shape index (κ3) is 8.33. The number of hydrogen-bond acceptors (Lipinski definition) is 6. The van der Waals surface area contributed by atoms with Gasteiger partial charge in [-0.15, -0.1) is 0 Å². The predicted molar refractivity (Wildman–Crippen MR) is 117 cm³/mol. The molecule has 1 aromatic rings. The summed E-state index contributed by atoms with van der Waals surface area (Å²) in [5.41, 5.74) is -0.915. The summed E-state index contributed by atoms with van der Waals surface area (Å²) in [4.78, 5) is 39.5. The second-order valence-corrected chi connectivity index (χ2v) is 12.4. The quantitative estimate of drug-likeness (QED) is 0.220. The Labute approximate surface area is 183 Å². The van der Waals surface area contributed by atoms with Crippen LogP contribution in [0.5, 0.6) is 0 Å². The standard InChI is InChI=1S/C19H35NO9P2/c1-14(30(23,24)25)5-16-7-17(6-15(2)31(26,27)28)9-18(8-16)10-20(3)19(11-21,12-22)13-29-4/h7-9,14-15,21-22H,5-6,10-13H2,1-4H3,(H2,23,24,25)(H2,26,27,28). The fraction of sp³-hybridized carbons (Fsp3) is 0.684. The Morgan fingerprint density at radius 2 is 1.29 bits per heavy atom. The minimum absolute atomic E-state index is 0.0769. The van der Waals surface area contributed by atoms with Gasteiger partial charge in [0, 0.05) is 13.7 Å². The molecule has 0 amide bonds. The summed E-state index contributed by atoms with van der Waals surface area (Å²) in [5.74, 6) is 0. The van der Waals surface area contributed by atoms with Gasteiger partial charge in [0.25, 0.3) is 0 Å². The van der Waals surface area contributed by atoms with E-state index in [0.29, 0.717) is 16.7 Å². The van der Waals surface area contributed by atoms with E-state index in [0.717, 1.165) is 0 Å². The Morgan fingerprint density at radius 3 is 1.61 bits per heavy atom. The van der Waals surface area contributed by atoms with Crippen molar-refractivity contribution < 1.29 is 43.7 Å². The smallest absolute Gasteiger partial charge is 0.328 e. The zero-order chi connectivity index (χ0) is 24.0. The Balaban J connectivity index is 3.30. The maximum atomic E-state index is 11.6. The Kier molecular flexibility index (Phi) is 10.5. The number of rotatable bonds is 13. The molecule has 1 aromatic carbocycles. The molecule has 0 aliphatic carbocycles. The van der Waals surface area contributed by atoms with Crippen molar-refractivity contribution in [1.82, 2.24) is 4.90 Å². The molecular weight excluding hydrogens is 448 g/mol. The number of nitrogens with zero attached hydrogens (tertiary/aromatic N) is 1. The lowest BCUT2D eigenvalue weighted by Crippen LogP contribution is -2.55. The Bertz CT molecular complexity index is 755. The topological polar surface area (TPSA) is 168 Å². The molecule has 180 valence electrons. The number of ether oxygens (including phenoxy) is 1. The molecule has 0 aliphatic rings. The normalized spacial score (nSPS) is 15.3. The maximum absolute atomic E-state index is 11.6. The van der Waals surface area contributed by atoms with Crippen molar-refractivity contribution in [2.75, 3.05) is 34.0 Å². The minimum Gasteiger partial charge on any atom is -0.394 e. The molecule has 1 rings (SSSR count). The molecule has 6 N–H and O–H groups in total. The van der Waals surface area contributed by atoms with E-state index in [1.807, 2.05) is 0 Å². The average molecular weight is 483 g/mol. The number of aliphatic hydroxyl groups excluding tert-OH is 2. The van der Waals surface area contributed by atoms with Crippen LogP contribution in [0.3, 0.4) is 0 Å². The van der Waals surface area contributed by atoms with Crippen molar-refractivity contribution in [2.24, 2.45) is 0 Å². The van der Waals surface area contributed by atoms with E-state index in [9.17, 15) is 38.9 Å². The predicted octanol–water partition coefficient (Wildman–Crippen LogP) is 0.706. The molecule has 2 atom stereocenters. The van der Waals surface area contributed by atoms with Gasteiger partial charge in [-0.3, -0.25) is 14.0 Å². The van der Waals surface area contributed by atoms with Crippen molar-refractivity contribution in [3.63, 3.8) is 0 Å². The molecule has 0 spiro atoms. The summed E-state index contributed by atoms with van der Waals surface area (Å²) in [5, 5.41) is 19.7. The van der Waals surface area contributed by atoms with Crippen LogP contribution in [0.4, 0.5) is 0 Å². The van der Waals surface area contributed by atoms with Crippen LogP contribution in [0.1, 0.15) is 30.5 Å². The van der Waals surface area contributed by atoms with Crippen LogP contribution in [0.25, 0.3) is 0 Å². The summed E-state index contributed by atoms with van der Waals surface area (Å²) >= 11 is 0. The van der Waals surface area contributed by atoms with Crippen molar-refractivity contribution in [2.45, 2.75) is 50.1 Å². The number of hydrogen-bond donors (Lipinski definition) is 6. The third-order valence-corrected chi connectivity index (χ3v) is 8.22. The highest BCUT2D eigenvalue weighted by atomic mass is 31.2. The van der Waals surface area contributed by atoms with Crippen molar-refractivity contribution in [3.8, 4) is 0 Å². The van der Waals surface area contributed by atoms with E-state index in [1.165, 1.54) is 21.0 Å². The third-order valence-electron chi connectivity index (χ3n) is 5.55. The van der Waals surface area contributed by atoms with Crippen LogP contribution in [0.2, 0.25) is 0 Å². The lowest BCUT2D eigenvalue weighted by atomic mass is 9.97. The van der Waals surface area contributed by atoms with Crippen molar-refractivity contribution in [3.05, 3.63) is 34.9 Å². The van der Waals surface area contributed by atoms with Gasteiger partial charge in [0.05, 0.1) is 36.7 Å². The van der Waals surface area contributed by atoms with E-state index in [4.69, 9.17) is 4.74 Å². The van der Waals surface area contributed by atoms with Gasteiger partial charge in [-0.05, 0) is 36.6 Å². The second-order valence-electron chi connectivity index (χ2n) is 8.27. The molecule has 0 heterocycles. The van der Waals surface area contributed by atoms with Crippen molar-refractivity contribution in [1.29, 1.82) is 0 Å². The van der Waals surface area contributed by atoms with E-state index in [1.54, 1.807) is 30.1 Å². The van der Waals surface area contributed by atoms with Gasteiger partial charge >= 0.3 is 15.2 Å². The van der Waals surface area contributed by atoms with Crippen LogP contribution < -0.4 is 0 Å². The highest BCUT2D eigenvalue weighted by Gasteiger charge is 2.34. The van der Waals surface area contributed by atoms with Gasteiger partial charge in [-0.25, -0.2) is 0 Å². The first-order valence-electron chi connectivity index (χ1n) is 9.82. The van der Waals surface area contributed by atoms with Gasteiger partial charge in [0.2, 0.25) is 0 Å². The van der Waals surface area contributed by atoms with Crippen molar-refractivity contribution >= 4 is 15.2 Å². The number of likely N-dealkylation sites (N-methyl/N-ethyl adjacent to an activating group) is 1. The minimum atomic E-state index is -4.30. The lowest BCUT2D eigenvalue weighted by Gasteiger charge is -2.38. The number of benzene rings is 1. The van der Waals surface area contributed by atoms with Gasteiger partial charge in [-0.1, -0.05) is 32.0 Å². The Morgan fingerprint density at radius 1 is 0.903 bits per heavy atom. The van der Waals surface area contributed by atoms with Gasteiger partial charge in [-0.2, -0.15) is 0 Å². The summed E-state index contributed by atoms with van der Waals surface area (Å²) < 4.78 is 28.3. The van der Waals surface area contributed by atoms with Gasteiger partial charge in [0.15, 0.2) is 0 Å². The van der Waals surface area contributed by atoms with E-state index in [2.05, 4.69) is 0 Å². The zero-order valence-electron chi connectivity index (χ0n) is 18.4. The fourth-order valence-electron chi connectivity index (χ4n) is 3.29. The molecule has 0 bridgehead atoms. The van der Waals surface area contributed by atoms with Crippen LogP contribution in [-0.2, 0) is 33.3 Å². The molecular formula is C19H35NO9P2. The summed E-state index contributed by atoms with van der Waals surface area (Å²) in [6.45, 7) is 2.51. The van der Waals surface area contributed by atoms with Crippen LogP contribution in [0.15, 0.2) is 18.2 Å². The van der Waals surface area contributed by atoms with Crippen LogP contribution >= 0.6 is 15.2 Å². The van der Waals surface area contributed by atoms with Gasteiger partial charge < -0.3 is 34.5 Å². The first-order valence-corrected chi connectivity index (χ1v) is 13.2. The largest absolute Gasteiger partial charge is 0.394 e. The number of methoxy groups -OCH3 is 1. The molecule has 0 aromatic heterocycles. The first-order chi connectivity index (χ1) is 14.2. The molecule has 0 saturated heterocycles. The van der Waals surface area contributed by atoms with Crippen LogP contribution in [-0.4, -0.2) is 85.5 Å².